The lowest BCUT2D eigenvalue weighted by Crippen LogP contribution is -2.53. The molecular formula is C32H35F2N3O3. The van der Waals surface area contributed by atoms with Gasteiger partial charge in [0.15, 0.2) is 17.5 Å². The van der Waals surface area contributed by atoms with Crippen molar-refractivity contribution in [3.05, 3.63) is 54.2 Å². The molecule has 6 aliphatic rings. The molecule has 210 valence electrons. The zero-order valence-corrected chi connectivity index (χ0v) is 22.7. The number of aromatic nitrogens is 2. The highest BCUT2D eigenvalue weighted by Gasteiger charge is 2.54. The van der Waals surface area contributed by atoms with Gasteiger partial charge in [-0.05, 0) is 81.8 Å². The second kappa shape index (κ2) is 8.73. The van der Waals surface area contributed by atoms with Gasteiger partial charge in [0, 0.05) is 53.8 Å². The number of amides is 1. The van der Waals surface area contributed by atoms with Crippen LogP contribution in [0, 0.1) is 11.3 Å². The van der Waals surface area contributed by atoms with Crippen LogP contribution in [0.4, 0.5) is 14.5 Å². The van der Waals surface area contributed by atoms with E-state index in [-0.39, 0.29) is 29.6 Å². The molecule has 0 atom stereocenters. The van der Waals surface area contributed by atoms with Crippen molar-refractivity contribution in [1.29, 1.82) is 0 Å². The SMILES string of the molecule is O=C(C1CC(F)(F)C1)N(CC12CCC(c3nc(C4CC4)co3)(CC1)CC2)c1cccc(-c2cnc(C3CC3)o2)c1. The lowest BCUT2D eigenvalue weighted by Gasteiger charge is -2.53. The van der Waals surface area contributed by atoms with Crippen LogP contribution in [0.15, 0.2) is 45.6 Å². The van der Waals surface area contributed by atoms with Crippen LogP contribution in [0.5, 0.6) is 0 Å². The summed E-state index contributed by atoms with van der Waals surface area (Å²) in [6, 6.07) is 7.77. The number of carbonyl (C=O) groups excluding carboxylic acids is 1. The minimum atomic E-state index is -2.74. The van der Waals surface area contributed by atoms with Crippen molar-refractivity contribution >= 4 is 11.6 Å². The molecule has 40 heavy (non-hydrogen) atoms. The van der Waals surface area contributed by atoms with Crippen molar-refractivity contribution in [1.82, 2.24) is 9.97 Å². The molecule has 1 amide bonds. The predicted molar refractivity (Wildman–Crippen MR) is 144 cm³/mol. The second-order valence-corrected chi connectivity index (χ2v) is 13.4. The van der Waals surface area contributed by atoms with Crippen LogP contribution in [0.1, 0.15) is 106 Å². The van der Waals surface area contributed by atoms with Gasteiger partial charge in [0.2, 0.25) is 11.8 Å². The Bertz CT molecular complexity index is 1420. The highest BCUT2D eigenvalue weighted by atomic mass is 19.3. The van der Waals surface area contributed by atoms with E-state index < -0.39 is 11.8 Å². The fourth-order valence-corrected chi connectivity index (χ4v) is 7.37. The number of halogens is 2. The fraction of sp³-hybridized carbons (Fsp3) is 0.594. The maximum atomic E-state index is 13.8. The maximum absolute atomic E-state index is 13.8. The molecule has 0 radical (unpaired) electrons. The molecule has 6 fully saturated rings. The summed E-state index contributed by atoms with van der Waals surface area (Å²) in [6.45, 7) is 0.552. The van der Waals surface area contributed by atoms with Gasteiger partial charge in [-0.3, -0.25) is 4.79 Å². The molecule has 0 unspecified atom stereocenters. The van der Waals surface area contributed by atoms with Crippen molar-refractivity contribution < 1.29 is 22.4 Å². The summed E-state index contributed by atoms with van der Waals surface area (Å²) in [6.07, 6.45) is 13.4. The molecule has 0 aliphatic heterocycles. The summed E-state index contributed by atoms with van der Waals surface area (Å²) in [7, 11) is 0. The normalized spacial score (nSPS) is 29.4. The van der Waals surface area contributed by atoms with E-state index in [4.69, 9.17) is 13.8 Å². The minimum Gasteiger partial charge on any atom is -0.448 e. The maximum Gasteiger partial charge on any atom is 0.249 e. The van der Waals surface area contributed by atoms with E-state index in [0.717, 1.165) is 80.1 Å². The minimum absolute atomic E-state index is 0.00870. The molecule has 6 nitrogen and oxygen atoms in total. The molecule has 9 rings (SSSR count). The van der Waals surface area contributed by atoms with E-state index in [0.29, 0.717) is 24.1 Å². The third-order valence-corrected chi connectivity index (χ3v) is 10.5. The van der Waals surface area contributed by atoms with Crippen molar-refractivity contribution in [2.45, 2.75) is 100 Å². The molecular weight excluding hydrogens is 512 g/mol. The van der Waals surface area contributed by atoms with Gasteiger partial charge in [-0.2, -0.15) is 0 Å². The Morgan fingerprint density at radius 2 is 1.73 bits per heavy atom. The van der Waals surface area contributed by atoms with Crippen LogP contribution >= 0.6 is 0 Å². The third-order valence-electron chi connectivity index (χ3n) is 10.5. The first-order valence-corrected chi connectivity index (χ1v) is 15.0. The Morgan fingerprint density at radius 3 is 2.40 bits per heavy atom. The van der Waals surface area contributed by atoms with Crippen LogP contribution in [0.3, 0.4) is 0 Å². The molecule has 0 N–H and O–H groups in total. The highest BCUT2D eigenvalue weighted by Crippen LogP contribution is 2.58. The summed E-state index contributed by atoms with van der Waals surface area (Å²) in [4.78, 5) is 25.0. The van der Waals surface area contributed by atoms with Crippen molar-refractivity contribution in [3.8, 4) is 11.3 Å². The second-order valence-electron chi connectivity index (χ2n) is 13.4. The summed E-state index contributed by atoms with van der Waals surface area (Å²) < 4.78 is 39.7. The number of hydrogen-bond donors (Lipinski definition) is 0. The third kappa shape index (κ3) is 4.29. The topological polar surface area (TPSA) is 72.4 Å². The first-order chi connectivity index (χ1) is 19.3. The number of oxazole rings is 2. The van der Waals surface area contributed by atoms with E-state index in [1.165, 1.54) is 12.8 Å². The molecule has 6 aliphatic carbocycles. The van der Waals surface area contributed by atoms with Crippen LogP contribution in [-0.4, -0.2) is 28.3 Å². The number of rotatable bonds is 8. The van der Waals surface area contributed by atoms with Crippen LogP contribution < -0.4 is 4.90 Å². The van der Waals surface area contributed by atoms with E-state index in [9.17, 15) is 13.6 Å². The zero-order chi connectivity index (χ0) is 27.1. The number of fused-ring (bicyclic) bond motifs is 3. The van der Waals surface area contributed by atoms with E-state index in [2.05, 4.69) is 4.98 Å². The summed E-state index contributed by atoms with van der Waals surface area (Å²) in [5, 5.41) is 0. The standard InChI is InChI=1S/C32H35F2N3O3/c33-32(34)15-23(16-32)28(38)37(24-3-1-2-22(14-24)26-17-35-27(40-26)21-6-7-21)19-30-8-11-31(12-9-30,13-10-30)29-36-25(18-39-29)20-4-5-20/h1-3,14,17-18,20-21,23H,4-13,15-16,19H2. The number of anilines is 1. The number of alkyl halides is 2. The summed E-state index contributed by atoms with van der Waals surface area (Å²) in [5.41, 5.74) is 2.67. The molecule has 3 aromatic rings. The fourth-order valence-electron chi connectivity index (χ4n) is 7.37. The Morgan fingerprint density at radius 1 is 1.00 bits per heavy atom. The number of nitrogens with zero attached hydrogens (tertiary/aromatic N) is 3. The average molecular weight is 548 g/mol. The van der Waals surface area contributed by atoms with Crippen LogP contribution in [0.25, 0.3) is 11.3 Å². The Kier molecular flexibility index (Phi) is 5.40. The quantitative estimate of drug-likeness (QED) is 0.288. The predicted octanol–water partition coefficient (Wildman–Crippen LogP) is 7.75. The van der Waals surface area contributed by atoms with Crippen molar-refractivity contribution in [2.24, 2.45) is 11.3 Å². The number of benzene rings is 1. The van der Waals surface area contributed by atoms with Gasteiger partial charge in [-0.25, -0.2) is 18.7 Å². The van der Waals surface area contributed by atoms with Crippen LogP contribution in [-0.2, 0) is 10.2 Å². The Balaban J connectivity index is 1.05. The average Bonchev–Trinajstić information content (AvgIpc) is 3.89. The van der Waals surface area contributed by atoms with Crippen molar-refractivity contribution in [3.63, 3.8) is 0 Å². The monoisotopic (exact) mass is 547 g/mol. The molecule has 0 saturated heterocycles. The Hall–Kier alpha value is -3.03. The van der Waals surface area contributed by atoms with E-state index in [1.54, 1.807) is 6.20 Å². The summed E-state index contributed by atoms with van der Waals surface area (Å²) in [5.74, 6) is -0.219. The molecule has 2 aromatic heterocycles. The van der Waals surface area contributed by atoms with Gasteiger partial charge in [-0.1, -0.05) is 12.1 Å². The Labute approximate surface area is 232 Å². The van der Waals surface area contributed by atoms with E-state index in [1.807, 2.05) is 35.4 Å². The molecule has 6 saturated carbocycles. The lowest BCUT2D eigenvalue weighted by molar-refractivity contribution is -0.148. The molecule has 8 heteroatoms. The van der Waals surface area contributed by atoms with Gasteiger partial charge in [-0.15, -0.1) is 0 Å². The van der Waals surface area contributed by atoms with Gasteiger partial charge in [0.25, 0.3) is 0 Å². The van der Waals surface area contributed by atoms with Crippen LogP contribution in [0.2, 0.25) is 0 Å². The molecule has 2 bridgehead atoms. The summed E-state index contributed by atoms with van der Waals surface area (Å²) >= 11 is 0. The first kappa shape index (κ1) is 24.7. The largest absolute Gasteiger partial charge is 0.448 e. The highest BCUT2D eigenvalue weighted by molar-refractivity contribution is 5.96. The van der Waals surface area contributed by atoms with Gasteiger partial charge in [0.1, 0.15) is 6.26 Å². The lowest BCUT2D eigenvalue weighted by atomic mass is 9.53. The zero-order valence-electron chi connectivity index (χ0n) is 22.7. The number of hydrogen-bond acceptors (Lipinski definition) is 5. The van der Waals surface area contributed by atoms with E-state index >= 15 is 0 Å². The van der Waals surface area contributed by atoms with Crippen molar-refractivity contribution in [2.75, 3.05) is 11.4 Å². The van der Waals surface area contributed by atoms with Gasteiger partial charge in [0.05, 0.1) is 11.9 Å². The van der Waals surface area contributed by atoms with Gasteiger partial charge >= 0.3 is 0 Å². The molecule has 2 heterocycles. The molecule has 0 spiro atoms. The number of carbonyl (C=O) groups is 1. The van der Waals surface area contributed by atoms with Gasteiger partial charge < -0.3 is 13.7 Å². The first-order valence-electron chi connectivity index (χ1n) is 15.0. The molecule has 1 aromatic carbocycles. The smallest absolute Gasteiger partial charge is 0.249 e.